The fraction of sp³-hybridized carbons (Fsp3) is 0.455. The van der Waals surface area contributed by atoms with Gasteiger partial charge in [0.25, 0.3) is 0 Å². The molecule has 1 fully saturated rings. The predicted octanol–water partition coefficient (Wildman–Crippen LogP) is 2.12. The van der Waals surface area contributed by atoms with Crippen molar-refractivity contribution in [3.05, 3.63) is 23.5 Å². The van der Waals surface area contributed by atoms with Crippen LogP contribution in [0.5, 0.6) is 0 Å². The Morgan fingerprint density at radius 1 is 1.47 bits per heavy atom. The first-order chi connectivity index (χ1) is 7.25. The van der Waals surface area contributed by atoms with Gasteiger partial charge in [0.2, 0.25) is 0 Å². The van der Waals surface area contributed by atoms with Crippen molar-refractivity contribution in [1.29, 1.82) is 0 Å². The van der Waals surface area contributed by atoms with Gasteiger partial charge in [-0.1, -0.05) is 0 Å². The number of fused-ring (bicyclic) bond motifs is 1. The lowest BCUT2D eigenvalue weighted by Gasteiger charge is -2.37. The summed E-state index contributed by atoms with van der Waals surface area (Å²) >= 11 is 1.74. The average Bonchev–Trinajstić information content (AvgIpc) is 2.57. The van der Waals surface area contributed by atoms with Gasteiger partial charge >= 0.3 is 0 Å². The number of nitrogens with zero attached hydrogens (tertiary/aromatic N) is 2. The predicted molar refractivity (Wildman–Crippen MR) is 61.9 cm³/mol. The molecule has 0 unspecified atom stereocenters. The van der Waals surface area contributed by atoms with E-state index in [2.05, 4.69) is 9.97 Å². The van der Waals surface area contributed by atoms with Crippen molar-refractivity contribution in [2.75, 3.05) is 0 Å². The SMILES string of the molecule is NC1(Cc2nc3cnccc3s2)CCC1. The Labute approximate surface area is 92.4 Å². The van der Waals surface area contributed by atoms with Gasteiger partial charge in [-0.3, -0.25) is 4.98 Å². The first-order valence-electron chi connectivity index (χ1n) is 5.24. The van der Waals surface area contributed by atoms with Crippen LogP contribution in [0.15, 0.2) is 18.5 Å². The molecule has 1 aliphatic carbocycles. The molecule has 0 radical (unpaired) electrons. The summed E-state index contributed by atoms with van der Waals surface area (Å²) in [6, 6.07) is 2.01. The van der Waals surface area contributed by atoms with Crippen LogP contribution in [0, 0.1) is 0 Å². The quantitative estimate of drug-likeness (QED) is 0.841. The number of aromatic nitrogens is 2. The molecule has 3 rings (SSSR count). The third kappa shape index (κ3) is 1.64. The summed E-state index contributed by atoms with van der Waals surface area (Å²) in [7, 11) is 0. The van der Waals surface area contributed by atoms with Gasteiger partial charge in [-0.05, 0) is 25.3 Å². The van der Waals surface area contributed by atoms with Crippen LogP contribution in [0.2, 0.25) is 0 Å². The molecule has 0 amide bonds. The Bertz CT molecular complexity index is 454. The van der Waals surface area contributed by atoms with Gasteiger partial charge in [-0.25, -0.2) is 4.98 Å². The van der Waals surface area contributed by atoms with Gasteiger partial charge in [0.15, 0.2) is 0 Å². The molecule has 0 spiro atoms. The molecule has 4 heteroatoms. The van der Waals surface area contributed by atoms with Gasteiger partial charge in [-0.15, -0.1) is 11.3 Å². The Hall–Kier alpha value is -1.00. The highest BCUT2D eigenvalue weighted by Crippen LogP contribution is 2.34. The van der Waals surface area contributed by atoms with Gasteiger partial charge in [0.1, 0.15) is 0 Å². The van der Waals surface area contributed by atoms with Crippen molar-refractivity contribution in [1.82, 2.24) is 9.97 Å². The lowest BCUT2D eigenvalue weighted by molar-refractivity contribution is 0.247. The molecule has 0 aliphatic heterocycles. The zero-order chi connectivity index (χ0) is 10.3. The van der Waals surface area contributed by atoms with E-state index >= 15 is 0 Å². The van der Waals surface area contributed by atoms with E-state index in [0.29, 0.717) is 0 Å². The molecule has 2 aromatic rings. The van der Waals surface area contributed by atoms with E-state index in [-0.39, 0.29) is 5.54 Å². The van der Waals surface area contributed by atoms with Crippen LogP contribution in [-0.2, 0) is 6.42 Å². The Morgan fingerprint density at radius 2 is 2.33 bits per heavy atom. The highest BCUT2D eigenvalue weighted by molar-refractivity contribution is 7.18. The molecular formula is C11H13N3S. The van der Waals surface area contributed by atoms with Crippen molar-refractivity contribution in [3.8, 4) is 0 Å². The molecule has 78 valence electrons. The van der Waals surface area contributed by atoms with E-state index in [0.717, 1.165) is 29.8 Å². The van der Waals surface area contributed by atoms with Gasteiger partial charge in [-0.2, -0.15) is 0 Å². The maximum atomic E-state index is 6.21. The molecule has 0 saturated heterocycles. The zero-order valence-corrected chi connectivity index (χ0v) is 9.26. The van der Waals surface area contributed by atoms with E-state index < -0.39 is 0 Å². The van der Waals surface area contributed by atoms with Crippen molar-refractivity contribution >= 4 is 21.6 Å². The number of hydrogen-bond acceptors (Lipinski definition) is 4. The number of hydrogen-bond donors (Lipinski definition) is 1. The summed E-state index contributed by atoms with van der Waals surface area (Å²) in [6.45, 7) is 0. The maximum absolute atomic E-state index is 6.21. The molecule has 15 heavy (non-hydrogen) atoms. The molecule has 0 atom stereocenters. The van der Waals surface area contributed by atoms with E-state index in [1.807, 2.05) is 18.5 Å². The van der Waals surface area contributed by atoms with Crippen LogP contribution in [0.4, 0.5) is 0 Å². The van der Waals surface area contributed by atoms with E-state index in [9.17, 15) is 0 Å². The van der Waals surface area contributed by atoms with Crippen molar-refractivity contribution in [2.24, 2.45) is 5.73 Å². The first kappa shape index (κ1) is 9.24. The standard InChI is InChI=1S/C11H13N3S/c12-11(3-1-4-11)6-10-14-8-7-13-5-2-9(8)15-10/h2,5,7H,1,3-4,6,12H2. The number of rotatable bonds is 2. The largest absolute Gasteiger partial charge is 0.325 e. The molecule has 1 aliphatic rings. The van der Waals surface area contributed by atoms with Gasteiger partial charge in [0, 0.05) is 18.2 Å². The summed E-state index contributed by atoms with van der Waals surface area (Å²) in [6.07, 6.45) is 8.10. The average molecular weight is 219 g/mol. The minimum atomic E-state index is 0.0291. The van der Waals surface area contributed by atoms with Crippen LogP contribution in [0.25, 0.3) is 10.2 Å². The second-order valence-corrected chi connectivity index (χ2v) is 5.46. The summed E-state index contributed by atoms with van der Waals surface area (Å²) in [5, 5.41) is 1.15. The second kappa shape index (κ2) is 3.25. The van der Waals surface area contributed by atoms with Crippen LogP contribution >= 0.6 is 11.3 Å². The van der Waals surface area contributed by atoms with Crippen LogP contribution in [0.1, 0.15) is 24.3 Å². The van der Waals surface area contributed by atoms with E-state index in [4.69, 9.17) is 5.73 Å². The van der Waals surface area contributed by atoms with Crippen LogP contribution in [-0.4, -0.2) is 15.5 Å². The molecule has 2 aromatic heterocycles. The molecule has 2 heterocycles. The molecule has 0 bridgehead atoms. The van der Waals surface area contributed by atoms with Gasteiger partial charge < -0.3 is 5.73 Å². The summed E-state index contributed by atoms with van der Waals surface area (Å²) in [5.74, 6) is 0. The summed E-state index contributed by atoms with van der Waals surface area (Å²) in [4.78, 5) is 8.63. The van der Waals surface area contributed by atoms with Crippen molar-refractivity contribution in [3.63, 3.8) is 0 Å². The van der Waals surface area contributed by atoms with E-state index in [1.54, 1.807) is 11.3 Å². The highest BCUT2D eigenvalue weighted by atomic mass is 32.1. The second-order valence-electron chi connectivity index (χ2n) is 4.34. The summed E-state index contributed by atoms with van der Waals surface area (Å²) < 4.78 is 1.21. The lowest BCUT2D eigenvalue weighted by atomic mass is 9.75. The highest BCUT2D eigenvalue weighted by Gasteiger charge is 2.33. The fourth-order valence-electron chi connectivity index (χ4n) is 2.01. The van der Waals surface area contributed by atoms with Crippen LogP contribution in [0.3, 0.4) is 0 Å². The fourth-order valence-corrected chi connectivity index (χ4v) is 3.10. The Morgan fingerprint density at radius 3 is 3.00 bits per heavy atom. The number of pyridine rings is 1. The molecule has 3 nitrogen and oxygen atoms in total. The Kier molecular flexibility index (Phi) is 2.00. The third-order valence-corrected chi connectivity index (χ3v) is 4.12. The maximum Gasteiger partial charge on any atom is 0.0998 e. The third-order valence-electron chi connectivity index (χ3n) is 3.09. The molecule has 1 saturated carbocycles. The normalized spacial score (nSPS) is 19.0. The number of thiazole rings is 1. The zero-order valence-electron chi connectivity index (χ0n) is 8.44. The van der Waals surface area contributed by atoms with Gasteiger partial charge in [0.05, 0.1) is 21.4 Å². The van der Waals surface area contributed by atoms with Crippen LogP contribution < -0.4 is 5.73 Å². The number of nitrogens with two attached hydrogens (primary N) is 1. The Balaban J connectivity index is 1.91. The molecule has 2 N–H and O–H groups in total. The topological polar surface area (TPSA) is 51.8 Å². The minimum Gasteiger partial charge on any atom is -0.325 e. The van der Waals surface area contributed by atoms with Crippen molar-refractivity contribution < 1.29 is 0 Å². The molecular weight excluding hydrogens is 206 g/mol. The molecule has 0 aromatic carbocycles. The lowest BCUT2D eigenvalue weighted by Crippen LogP contribution is -2.48. The van der Waals surface area contributed by atoms with Crippen molar-refractivity contribution in [2.45, 2.75) is 31.2 Å². The summed E-state index contributed by atoms with van der Waals surface area (Å²) in [5.41, 5.74) is 7.24. The first-order valence-corrected chi connectivity index (χ1v) is 6.05. The smallest absolute Gasteiger partial charge is 0.0998 e. The van der Waals surface area contributed by atoms with E-state index in [1.165, 1.54) is 11.1 Å². The minimum absolute atomic E-state index is 0.0291. The monoisotopic (exact) mass is 219 g/mol.